The minimum absolute atomic E-state index is 0.537. The molecule has 1 aromatic heterocycles. The average molecular weight is 348 g/mol. The zero-order valence-corrected chi connectivity index (χ0v) is 12.8. The number of hydrogen-bond donors (Lipinski definition) is 1. The van der Waals surface area contributed by atoms with Crippen molar-refractivity contribution in [3.05, 3.63) is 64.4 Å². The van der Waals surface area contributed by atoms with Crippen LogP contribution in [0.2, 0.25) is 0 Å². The molecule has 0 radical (unpaired) electrons. The maximum atomic E-state index is 10.6. The van der Waals surface area contributed by atoms with E-state index in [1.54, 1.807) is 12.3 Å². The highest BCUT2D eigenvalue weighted by atomic mass is 79.9. The molecule has 0 atom stereocenters. The fourth-order valence-electron chi connectivity index (χ4n) is 1.73. The molecule has 0 aliphatic carbocycles. The van der Waals surface area contributed by atoms with E-state index in [2.05, 4.69) is 20.9 Å². The lowest BCUT2D eigenvalue weighted by Gasteiger charge is -2.08. The van der Waals surface area contributed by atoms with Crippen LogP contribution in [0.3, 0.4) is 0 Å². The first-order valence-electron chi connectivity index (χ1n) is 6.37. The first kappa shape index (κ1) is 15.3. The largest absolute Gasteiger partial charge is 0.493 e. The highest BCUT2D eigenvalue weighted by molar-refractivity contribution is 9.10. The summed E-state index contributed by atoms with van der Waals surface area (Å²) in [6.45, 7) is 0.537. The van der Waals surface area contributed by atoms with Gasteiger partial charge in [0.1, 0.15) is 5.75 Å². The summed E-state index contributed by atoms with van der Waals surface area (Å²) in [5.41, 5.74) is 1.87. The number of pyridine rings is 1. The number of nitrogens with zero attached hydrogens (tertiary/aromatic N) is 1. The Labute approximate surface area is 131 Å². The van der Waals surface area contributed by atoms with Gasteiger partial charge in [0.15, 0.2) is 0 Å². The van der Waals surface area contributed by atoms with Gasteiger partial charge in [0, 0.05) is 29.4 Å². The first-order valence-corrected chi connectivity index (χ1v) is 7.17. The topological polar surface area (TPSA) is 59.4 Å². The van der Waals surface area contributed by atoms with E-state index in [1.807, 2.05) is 30.5 Å². The van der Waals surface area contributed by atoms with E-state index in [-0.39, 0.29) is 0 Å². The van der Waals surface area contributed by atoms with Crippen molar-refractivity contribution in [2.24, 2.45) is 0 Å². The molecule has 1 heterocycles. The van der Waals surface area contributed by atoms with Gasteiger partial charge in [-0.2, -0.15) is 0 Å². The summed E-state index contributed by atoms with van der Waals surface area (Å²) in [5, 5.41) is 8.66. The molecule has 0 amide bonds. The van der Waals surface area contributed by atoms with E-state index in [4.69, 9.17) is 9.84 Å². The van der Waals surface area contributed by atoms with Gasteiger partial charge in [-0.3, -0.25) is 4.98 Å². The lowest BCUT2D eigenvalue weighted by atomic mass is 10.2. The van der Waals surface area contributed by atoms with Crippen molar-refractivity contribution in [1.29, 1.82) is 0 Å². The number of aromatic nitrogens is 1. The van der Waals surface area contributed by atoms with E-state index < -0.39 is 5.97 Å². The Kier molecular flexibility index (Phi) is 5.51. The Morgan fingerprint density at radius 3 is 2.95 bits per heavy atom. The van der Waals surface area contributed by atoms with Crippen LogP contribution in [-0.2, 0) is 11.2 Å². The van der Waals surface area contributed by atoms with Gasteiger partial charge in [-0.15, -0.1) is 0 Å². The van der Waals surface area contributed by atoms with E-state index in [1.165, 1.54) is 6.08 Å². The number of aliphatic carboxylic acids is 1. The van der Waals surface area contributed by atoms with Crippen LogP contribution in [0.5, 0.6) is 5.75 Å². The molecule has 0 saturated carbocycles. The Hall–Kier alpha value is -2.14. The van der Waals surface area contributed by atoms with Gasteiger partial charge < -0.3 is 9.84 Å². The molecule has 4 nitrogen and oxygen atoms in total. The third-order valence-electron chi connectivity index (χ3n) is 2.76. The summed E-state index contributed by atoms with van der Waals surface area (Å²) in [5.74, 6) is -0.281. The summed E-state index contributed by atoms with van der Waals surface area (Å²) < 4.78 is 6.50. The lowest BCUT2D eigenvalue weighted by molar-refractivity contribution is -0.131. The van der Waals surface area contributed by atoms with Crippen LogP contribution in [-0.4, -0.2) is 22.7 Å². The van der Waals surface area contributed by atoms with Crippen LogP contribution in [0.25, 0.3) is 6.08 Å². The van der Waals surface area contributed by atoms with Crippen molar-refractivity contribution in [3.8, 4) is 5.75 Å². The SMILES string of the molecule is O=C(O)/C=C/c1cc(OCCc2cccnc2)ccc1Br. The van der Waals surface area contributed by atoms with E-state index in [0.717, 1.165) is 28.1 Å². The maximum absolute atomic E-state index is 10.6. The van der Waals surface area contributed by atoms with E-state index in [0.29, 0.717) is 12.4 Å². The Balaban J connectivity index is 1.97. The van der Waals surface area contributed by atoms with Crippen LogP contribution < -0.4 is 4.74 Å². The van der Waals surface area contributed by atoms with Gasteiger partial charge in [0.25, 0.3) is 0 Å². The number of hydrogen-bond acceptors (Lipinski definition) is 3. The van der Waals surface area contributed by atoms with Crippen molar-refractivity contribution < 1.29 is 14.6 Å². The normalized spacial score (nSPS) is 10.7. The Morgan fingerprint density at radius 2 is 2.24 bits per heavy atom. The molecule has 2 rings (SSSR count). The summed E-state index contributed by atoms with van der Waals surface area (Å²) in [6, 6.07) is 9.36. The molecule has 0 saturated heterocycles. The first-order chi connectivity index (χ1) is 10.1. The molecule has 0 aliphatic heterocycles. The molecule has 0 aliphatic rings. The van der Waals surface area contributed by atoms with Gasteiger partial charge in [-0.25, -0.2) is 4.79 Å². The lowest BCUT2D eigenvalue weighted by Crippen LogP contribution is -2.01. The number of rotatable bonds is 6. The van der Waals surface area contributed by atoms with Crippen molar-refractivity contribution in [3.63, 3.8) is 0 Å². The maximum Gasteiger partial charge on any atom is 0.328 e. The van der Waals surface area contributed by atoms with E-state index >= 15 is 0 Å². The number of ether oxygens (including phenoxy) is 1. The second-order valence-electron chi connectivity index (χ2n) is 4.31. The minimum atomic E-state index is -0.982. The molecule has 2 aromatic rings. The molecule has 108 valence electrons. The van der Waals surface area contributed by atoms with Crippen LogP contribution in [0.15, 0.2) is 53.3 Å². The van der Waals surface area contributed by atoms with Crippen LogP contribution in [0.1, 0.15) is 11.1 Å². The van der Waals surface area contributed by atoms with Crippen LogP contribution in [0, 0.1) is 0 Å². The fraction of sp³-hybridized carbons (Fsp3) is 0.125. The Bertz CT molecular complexity index is 641. The smallest absolute Gasteiger partial charge is 0.328 e. The molecule has 0 bridgehead atoms. The summed E-state index contributed by atoms with van der Waals surface area (Å²) in [6.07, 6.45) is 6.94. The molecule has 0 unspecified atom stereocenters. The standard InChI is InChI=1S/C16H14BrNO3/c17-15-5-4-14(10-13(15)3-6-16(19)20)21-9-7-12-2-1-8-18-11-12/h1-6,8,10-11H,7,9H2,(H,19,20)/b6-3+. The predicted octanol–water partition coefficient (Wildman–Crippen LogP) is 3.56. The van der Waals surface area contributed by atoms with Gasteiger partial charge >= 0.3 is 5.97 Å². The van der Waals surface area contributed by atoms with Crippen molar-refractivity contribution >= 4 is 28.0 Å². The number of carboxylic acid groups (broad SMARTS) is 1. The highest BCUT2D eigenvalue weighted by Crippen LogP contribution is 2.24. The number of carboxylic acids is 1. The van der Waals surface area contributed by atoms with Gasteiger partial charge in [0.2, 0.25) is 0 Å². The van der Waals surface area contributed by atoms with Crippen LogP contribution >= 0.6 is 15.9 Å². The second kappa shape index (κ2) is 7.59. The second-order valence-corrected chi connectivity index (χ2v) is 5.17. The van der Waals surface area contributed by atoms with Gasteiger partial charge in [-0.05, 0) is 41.5 Å². The molecule has 0 fully saturated rings. The third-order valence-corrected chi connectivity index (χ3v) is 3.48. The van der Waals surface area contributed by atoms with Gasteiger partial charge in [0.05, 0.1) is 6.61 Å². The molecular weight excluding hydrogens is 334 g/mol. The third kappa shape index (κ3) is 5.04. The minimum Gasteiger partial charge on any atom is -0.493 e. The number of carbonyl (C=O) groups is 1. The zero-order valence-electron chi connectivity index (χ0n) is 11.2. The predicted molar refractivity (Wildman–Crippen MR) is 84.2 cm³/mol. The quantitative estimate of drug-likeness (QED) is 0.811. The monoisotopic (exact) mass is 347 g/mol. The fourth-order valence-corrected chi connectivity index (χ4v) is 2.11. The highest BCUT2D eigenvalue weighted by Gasteiger charge is 2.01. The molecule has 1 N–H and O–H groups in total. The van der Waals surface area contributed by atoms with Crippen molar-refractivity contribution in [2.75, 3.05) is 6.61 Å². The molecule has 1 aromatic carbocycles. The Morgan fingerprint density at radius 1 is 1.38 bits per heavy atom. The molecule has 0 spiro atoms. The summed E-state index contributed by atoms with van der Waals surface area (Å²) in [7, 11) is 0. The zero-order chi connectivity index (χ0) is 15.1. The summed E-state index contributed by atoms with van der Waals surface area (Å²) >= 11 is 3.38. The van der Waals surface area contributed by atoms with Gasteiger partial charge in [-0.1, -0.05) is 22.0 Å². The summed E-state index contributed by atoms with van der Waals surface area (Å²) in [4.78, 5) is 14.6. The van der Waals surface area contributed by atoms with Crippen molar-refractivity contribution in [2.45, 2.75) is 6.42 Å². The molecular formula is C16H14BrNO3. The number of benzene rings is 1. The number of halogens is 1. The van der Waals surface area contributed by atoms with E-state index in [9.17, 15) is 4.79 Å². The molecule has 21 heavy (non-hydrogen) atoms. The van der Waals surface area contributed by atoms with Crippen molar-refractivity contribution in [1.82, 2.24) is 4.98 Å². The molecule has 5 heteroatoms. The van der Waals surface area contributed by atoms with Crippen LogP contribution in [0.4, 0.5) is 0 Å². The average Bonchev–Trinajstić information content (AvgIpc) is 2.48.